The van der Waals surface area contributed by atoms with Gasteiger partial charge in [-0.2, -0.15) is 5.26 Å². The molecular weight excluding hydrogens is 231 g/mol. The van der Waals surface area contributed by atoms with Crippen molar-refractivity contribution in [3.63, 3.8) is 0 Å². The molecule has 0 fully saturated rings. The normalized spacial score (nSPS) is 9.83. The number of halogens is 1. The second-order valence-corrected chi connectivity index (χ2v) is 3.87. The molecular formula is C14H11FN2O. The summed E-state index contributed by atoms with van der Waals surface area (Å²) in [6.45, 7) is 1.91. The maximum Gasteiger partial charge on any atom is 0.150 e. The minimum atomic E-state index is -0.610. The summed E-state index contributed by atoms with van der Waals surface area (Å²) in [5, 5.41) is 8.89. The number of nitrogens with two attached hydrogens (primary N) is 1. The van der Waals surface area contributed by atoms with Crippen LogP contribution in [0.5, 0.6) is 11.5 Å². The fourth-order valence-electron chi connectivity index (χ4n) is 1.58. The summed E-state index contributed by atoms with van der Waals surface area (Å²) in [5.41, 5.74) is 7.12. The van der Waals surface area contributed by atoms with E-state index in [1.54, 1.807) is 18.2 Å². The Kier molecular flexibility index (Phi) is 3.16. The molecule has 0 aromatic heterocycles. The summed E-state index contributed by atoms with van der Waals surface area (Å²) < 4.78 is 18.9. The van der Waals surface area contributed by atoms with Gasteiger partial charge in [0.1, 0.15) is 28.9 Å². The van der Waals surface area contributed by atoms with E-state index in [4.69, 9.17) is 15.7 Å². The summed E-state index contributed by atoms with van der Waals surface area (Å²) in [4.78, 5) is 0. The van der Waals surface area contributed by atoms with Gasteiger partial charge < -0.3 is 10.5 Å². The van der Waals surface area contributed by atoms with Crippen molar-refractivity contribution in [1.29, 1.82) is 5.26 Å². The van der Waals surface area contributed by atoms with Crippen LogP contribution in [-0.4, -0.2) is 0 Å². The van der Waals surface area contributed by atoms with Gasteiger partial charge in [0.2, 0.25) is 0 Å². The Morgan fingerprint density at radius 2 is 2.00 bits per heavy atom. The summed E-state index contributed by atoms with van der Waals surface area (Å²) in [6.07, 6.45) is 0. The molecule has 0 heterocycles. The van der Waals surface area contributed by atoms with Crippen molar-refractivity contribution in [2.24, 2.45) is 0 Å². The molecule has 2 rings (SSSR count). The van der Waals surface area contributed by atoms with Gasteiger partial charge in [0.15, 0.2) is 0 Å². The van der Waals surface area contributed by atoms with Crippen LogP contribution in [0.25, 0.3) is 0 Å². The molecule has 90 valence electrons. The van der Waals surface area contributed by atoms with E-state index < -0.39 is 5.82 Å². The van der Waals surface area contributed by atoms with Gasteiger partial charge >= 0.3 is 0 Å². The summed E-state index contributed by atoms with van der Waals surface area (Å²) >= 11 is 0. The number of nitrogen functional groups attached to an aromatic ring is 1. The third-order valence-corrected chi connectivity index (χ3v) is 2.47. The summed E-state index contributed by atoms with van der Waals surface area (Å²) in [7, 11) is 0. The van der Waals surface area contributed by atoms with Crippen LogP contribution in [0, 0.1) is 24.1 Å². The average molecular weight is 242 g/mol. The number of hydrogen-bond donors (Lipinski definition) is 1. The zero-order valence-electron chi connectivity index (χ0n) is 9.77. The Balaban J connectivity index is 2.41. The van der Waals surface area contributed by atoms with Crippen molar-refractivity contribution >= 4 is 5.69 Å². The fraction of sp³-hybridized carbons (Fsp3) is 0.0714. The Morgan fingerprint density at radius 3 is 2.67 bits per heavy atom. The molecule has 3 nitrogen and oxygen atoms in total. The third-order valence-electron chi connectivity index (χ3n) is 2.47. The molecule has 0 saturated heterocycles. The van der Waals surface area contributed by atoms with E-state index in [9.17, 15) is 4.39 Å². The zero-order valence-corrected chi connectivity index (χ0v) is 9.77. The Bertz CT molecular complexity index is 632. The fourth-order valence-corrected chi connectivity index (χ4v) is 1.58. The number of hydrogen-bond acceptors (Lipinski definition) is 3. The molecule has 18 heavy (non-hydrogen) atoms. The van der Waals surface area contributed by atoms with E-state index in [0.29, 0.717) is 11.4 Å². The SMILES string of the molecule is Cc1ccc(Oc2cccc(F)c2C#N)c(N)c1. The van der Waals surface area contributed by atoms with Crippen molar-refractivity contribution in [3.8, 4) is 17.6 Å². The van der Waals surface area contributed by atoms with Crippen LogP contribution in [0.3, 0.4) is 0 Å². The molecule has 0 bridgehead atoms. The minimum Gasteiger partial charge on any atom is -0.454 e. The topological polar surface area (TPSA) is 59.0 Å². The van der Waals surface area contributed by atoms with Gasteiger partial charge in [-0.25, -0.2) is 4.39 Å². The van der Waals surface area contributed by atoms with Crippen LogP contribution in [-0.2, 0) is 0 Å². The van der Waals surface area contributed by atoms with Crippen molar-refractivity contribution in [1.82, 2.24) is 0 Å². The molecule has 2 N–H and O–H groups in total. The van der Waals surface area contributed by atoms with E-state index in [1.165, 1.54) is 18.2 Å². The largest absolute Gasteiger partial charge is 0.454 e. The first-order valence-corrected chi connectivity index (χ1v) is 5.34. The van der Waals surface area contributed by atoms with Gasteiger partial charge in [0, 0.05) is 0 Å². The van der Waals surface area contributed by atoms with Crippen molar-refractivity contribution in [2.75, 3.05) is 5.73 Å². The number of benzene rings is 2. The van der Waals surface area contributed by atoms with E-state index in [-0.39, 0.29) is 11.3 Å². The van der Waals surface area contributed by atoms with Gasteiger partial charge in [0.05, 0.1) is 5.69 Å². The van der Waals surface area contributed by atoms with Gasteiger partial charge in [-0.1, -0.05) is 12.1 Å². The van der Waals surface area contributed by atoms with Gasteiger partial charge in [-0.15, -0.1) is 0 Å². The number of nitrogens with zero attached hydrogens (tertiary/aromatic N) is 1. The second kappa shape index (κ2) is 4.76. The molecule has 0 aliphatic heterocycles. The van der Waals surface area contributed by atoms with Crippen molar-refractivity contribution in [3.05, 3.63) is 53.3 Å². The lowest BCUT2D eigenvalue weighted by molar-refractivity contribution is 0.476. The van der Waals surface area contributed by atoms with Gasteiger partial charge in [0.25, 0.3) is 0 Å². The van der Waals surface area contributed by atoms with E-state index in [2.05, 4.69) is 0 Å². The van der Waals surface area contributed by atoms with Crippen LogP contribution in [0.15, 0.2) is 36.4 Å². The number of anilines is 1. The zero-order chi connectivity index (χ0) is 13.1. The lowest BCUT2D eigenvalue weighted by Crippen LogP contribution is -1.95. The molecule has 4 heteroatoms. The van der Waals surface area contributed by atoms with E-state index in [0.717, 1.165) is 5.56 Å². The Labute approximate surface area is 104 Å². The molecule has 0 aliphatic rings. The third kappa shape index (κ3) is 2.25. The highest BCUT2D eigenvalue weighted by Crippen LogP contribution is 2.30. The molecule has 0 radical (unpaired) electrons. The molecule has 0 spiro atoms. The van der Waals surface area contributed by atoms with Gasteiger partial charge in [-0.3, -0.25) is 0 Å². The molecule has 0 amide bonds. The highest BCUT2D eigenvalue weighted by atomic mass is 19.1. The van der Waals surface area contributed by atoms with Crippen LogP contribution >= 0.6 is 0 Å². The number of nitriles is 1. The van der Waals surface area contributed by atoms with Crippen LogP contribution in [0.1, 0.15) is 11.1 Å². The Hall–Kier alpha value is -2.54. The monoisotopic (exact) mass is 242 g/mol. The molecule has 0 atom stereocenters. The second-order valence-electron chi connectivity index (χ2n) is 3.87. The molecule has 0 unspecified atom stereocenters. The predicted octanol–water partition coefficient (Wildman–Crippen LogP) is 3.38. The quantitative estimate of drug-likeness (QED) is 0.821. The molecule has 2 aromatic rings. The standard InChI is InChI=1S/C14H11FN2O/c1-9-5-6-14(12(17)7-9)18-13-4-2-3-11(15)10(13)8-16/h2-7H,17H2,1H3. The lowest BCUT2D eigenvalue weighted by Gasteiger charge is -2.10. The average Bonchev–Trinajstić information content (AvgIpc) is 2.33. The molecule has 0 aliphatic carbocycles. The maximum atomic E-state index is 13.4. The highest BCUT2D eigenvalue weighted by molar-refractivity contribution is 5.57. The van der Waals surface area contributed by atoms with E-state index >= 15 is 0 Å². The summed E-state index contributed by atoms with van der Waals surface area (Å²) in [5.74, 6) is -0.0450. The van der Waals surface area contributed by atoms with E-state index in [1.807, 2.05) is 13.0 Å². The lowest BCUT2D eigenvalue weighted by atomic mass is 10.2. The Morgan fingerprint density at radius 1 is 1.22 bits per heavy atom. The molecule has 0 saturated carbocycles. The smallest absolute Gasteiger partial charge is 0.150 e. The predicted molar refractivity (Wildman–Crippen MR) is 66.8 cm³/mol. The van der Waals surface area contributed by atoms with Crippen molar-refractivity contribution < 1.29 is 9.13 Å². The first kappa shape index (κ1) is 11.9. The maximum absolute atomic E-state index is 13.4. The number of rotatable bonds is 2. The van der Waals surface area contributed by atoms with Crippen LogP contribution in [0.4, 0.5) is 10.1 Å². The van der Waals surface area contributed by atoms with Crippen LogP contribution < -0.4 is 10.5 Å². The summed E-state index contributed by atoms with van der Waals surface area (Å²) in [6, 6.07) is 11.3. The number of aryl methyl sites for hydroxylation is 1. The first-order chi connectivity index (χ1) is 8.61. The van der Waals surface area contributed by atoms with Gasteiger partial charge in [-0.05, 0) is 36.8 Å². The highest BCUT2D eigenvalue weighted by Gasteiger charge is 2.11. The minimum absolute atomic E-state index is 0.127. The first-order valence-electron chi connectivity index (χ1n) is 5.34. The molecule has 2 aromatic carbocycles. The van der Waals surface area contributed by atoms with Crippen LogP contribution in [0.2, 0.25) is 0 Å². The number of ether oxygens (including phenoxy) is 1. The van der Waals surface area contributed by atoms with Crippen molar-refractivity contribution in [2.45, 2.75) is 6.92 Å².